The highest BCUT2D eigenvalue weighted by molar-refractivity contribution is 5.96. The van der Waals surface area contributed by atoms with Crippen molar-refractivity contribution in [2.45, 2.75) is 37.8 Å². The van der Waals surface area contributed by atoms with Crippen LogP contribution in [0.2, 0.25) is 0 Å². The summed E-state index contributed by atoms with van der Waals surface area (Å²) in [5.41, 5.74) is 2.47. The highest BCUT2D eigenvalue weighted by Gasteiger charge is 2.45. The van der Waals surface area contributed by atoms with E-state index in [0.29, 0.717) is 35.0 Å². The van der Waals surface area contributed by atoms with Gasteiger partial charge in [-0.3, -0.25) is 9.69 Å². The fraction of sp³-hybridized carbons (Fsp3) is 0.440. The van der Waals surface area contributed by atoms with Gasteiger partial charge >= 0.3 is 0 Å². The van der Waals surface area contributed by atoms with Crippen LogP contribution in [0.5, 0.6) is 0 Å². The fourth-order valence-electron chi connectivity index (χ4n) is 5.94. The molecule has 2 aromatic carbocycles. The molecular weight excluding hydrogens is 358 g/mol. The van der Waals surface area contributed by atoms with Gasteiger partial charge in [-0.05, 0) is 55.2 Å². The molecule has 0 aliphatic carbocycles. The number of benzene rings is 2. The maximum absolute atomic E-state index is 13.2. The Bertz CT molecular complexity index is 935. The Morgan fingerprint density at radius 3 is 2.59 bits per heavy atom. The van der Waals surface area contributed by atoms with Gasteiger partial charge in [-0.1, -0.05) is 42.5 Å². The van der Waals surface area contributed by atoms with Crippen molar-refractivity contribution in [3.05, 3.63) is 71.3 Å². The largest absolute Gasteiger partial charge is 0.338 e. The molecule has 4 heteroatoms. The van der Waals surface area contributed by atoms with Gasteiger partial charge in [0, 0.05) is 31.7 Å². The molecule has 0 spiro atoms. The third kappa shape index (κ3) is 3.34. The first kappa shape index (κ1) is 18.4. The van der Waals surface area contributed by atoms with E-state index >= 15 is 0 Å². The van der Waals surface area contributed by atoms with Crippen molar-refractivity contribution in [3.8, 4) is 6.07 Å². The molecule has 3 saturated heterocycles. The van der Waals surface area contributed by atoms with Gasteiger partial charge in [0.25, 0.3) is 5.91 Å². The maximum Gasteiger partial charge on any atom is 0.255 e. The van der Waals surface area contributed by atoms with Crippen LogP contribution in [0.15, 0.2) is 54.6 Å². The summed E-state index contributed by atoms with van der Waals surface area (Å²) in [7, 11) is 0. The van der Waals surface area contributed by atoms with E-state index in [1.807, 2.05) is 17.0 Å². The van der Waals surface area contributed by atoms with Gasteiger partial charge in [0.2, 0.25) is 0 Å². The fourth-order valence-corrected chi connectivity index (χ4v) is 5.94. The van der Waals surface area contributed by atoms with E-state index in [0.717, 1.165) is 19.6 Å². The Kier molecular flexibility index (Phi) is 4.85. The monoisotopic (exact) mass is 385 g/mol. The quantitative estimate of drug-likeness (QED) is 0.777. The normalized spacial score (nSPS) is 29.0. The van der Waals surface area contributed by atoms with Gasteiger partial charge in [-0.15, -0.1) is 0 Å². The number of fused-ring (bicyclic) bond motifs is 4. The summed E-state index contributed by atoms with van der Waals surface area (Å²) in [6, 6.07) is 21.4. The Hall–Kier alpha value is -2.64. The molecule has 1 amide bonds. The summed E-state index contributed by atoms with van der Waals surface area (Å²) in [5.74, 6) is 1.08. The van der Waals surface area contributed by atoms with Crippen molar-refractivity contribution >= 4 is 5.91 Å². The molecule has 2 bridgehead atoms. The summed E-state index contributed by atoms with van der Waals surface area (Å²) < 4.78 is 0. The van der Waals surface area contributed by atoms with E-state index in [1.54, 1.807) is 12.1 Å². The second kappa shape index (κ2) is 7.65. The van der Waals surface area contributed by atoms with Gasteiger partial charge in [-0.25, -0.2) is 0 Å². The Labute approximate surface area is 172 Å². The molecule has 0 unspecified atom stereocenters. The SMILES string of the molecule is N#Cc1ccccc1C(=O)N1C[C@@H]2C[C@H](C1)[C@@H]1CCC[C@H](c3ccccc3)N1C2. The lowest BCUT2D eigenvalue weighted by Gasteiger charge is -2.55. The molecule has 148 valence electrons. The van der Waals surface area contributed by atoms with Gasteiger partial charge < -0.3 is 4.90 Å². The first-order chi connectivity index (χ1) is 14.2. The van der Waals surface area contributed by atoms with Gasteiger partial charge in [0.15, 0.2) is 0 Å². The van der Waals surface area contributed by atoms with E-state index in [1.165, 1.54) is 31.2 Å². The number of hydrogen-bond donors (Lipinski definition) is 0. The first-order valence-corrected chi connectivity index (χ1v) is 10.8. The van der Waals surface area contributed by atoms with E-state index < -0.39 is 0 Å². The van der Waals surface area contributed by atoms with E-state index in [2.05, 4.69) is 41.3 Å². The molecule has 3 aliphatic heterocycles. The zero-order valence-electron chi connectivity index (χ0n) is 16.7. The van der Waals surface area contributed by atoms with Crippen LogP contribution in [0.3, 0.4) is 0 Å². The number of likely N-dealkylation sites (tertiary alicyclic amines) is 1. The molecule has 0 saturated carbocycles. The number of carbonyl (C=O) groups is 1. The second-order valence-corrected chi connectivity index (χ2v) is 8.85. The minimum atomic E-state index is 0.0284. The number of rotatable bonds is 2. The van der Waals surface area contributed by atoms with E-state index in [4.69, 9.17) is 0 Å². The molecule has 2 aromatic rings. The highest BCUT2D eigenvalue weighted by Crippen LogP contribution is 2.44. The average molecular weight is 386 g/mol. The summed E-state index contributed by atoms with van der Waals surface area (Å²) in [5, 5.41) is 9.39. The van der Waals surface area contributed by atoms with Gasteiger partial charge in [0.05, 0.1) is 17.2 Å². The van der Waals surface area contributed by atoms with E-state index in [-0.39, 0.29) is 5.91 Å². The molecule has 4 nitrogen and oxygen atoms in total. The molecule has 3 aliphatic rings. The molecule has 3 heterocycles. The topological polar surface area (TPSA) is 47.3 Å². The lowest BCUT2D eigenvalue weighted by Crippen LogP contribution is -2.60. The number of hydrogen-bond acceptors (Lipinski definition) is 3. The Morgan fingerprint density at radius 1 is 0.966 bits per heavy atom. The predicted molar refractivity (Wildman–Crippen MR) is 112 cm³/mol. The van der Waals surface area contributed by atoms with Crippen molar-refractivity contribution in [2.24, 2.45) is 11.8 Å². The standard InChI is InChI=1S/C25H27N3O/c26-14-20-9-4-5-10-22(20)25(29)27-15-18-13-21(17-27)24-12-6-11-23(28(24)16-18)19-7-2-1-3-8-19/h1-5,7-10,18,21,23-24H,6,11-13,15-17H2/t18-,21+,23+,24-/m0/s1. The minimum absolute atomic E-state index is 0.0284. The smallest absolute Gasteiger partial charge is 0.255 e. The Balaban J connectivity index is 1.37. The van der Waals surface area contributed by atoms with Crippen LogP contribution in [0.4, 0.5) is 0 Å². The highest BCUT2D eigenvalue weighted by atomic mass is 16.2. The molecule has 3 fully saturated rings. The molecule has 0 aromatic heterocycles. The summed E-state index contributed by atoms with van der Waals surface area (Å²) in [6.45, 7) is 2.70. The van der Waals surface area contributed by atoms with Crippen LogP contribution in [-0.4, -0.2) is 41.4 Å². The Morgan fingerprint density at radius 2 is 1.76 bits per heavy atom. The third-order valence-electron chi connectivity index (χ3n) is 7.14. The summed E-state index contributed by atoms with van der Waals surface area (Å²) in [6.07, 6.45) is 4.95. The van der Waals surface area contributed by atoms with Crippen LogP contribution < -0.4 is 0 Å². The molecule has 4 atom stereocenters. The van der Waals surface area contributed by atoms with E-state index in [9.17, 15) is 10.1 Å². The molecular formula is C25H27N3O. The van der Waals surface area contributed by atoms with Crippen LogP contribution in [0, 0.1) is 23.2 Å². The predicted octanol–water partition coefficient (Wildman–Crippen LogP) is 4.25. The van der Waals surface area contributed by atoms with Gasteiger partial charge in [0.1, 0.15) is 0 Å². The number of nitrogens with zero attached hydrogens (tertiary/aromatic N) is 3. The first-order valence-electron chi connectivity index (χ1n) is 10.8. The minimum Gasteiger partial charge on any atom is -0.338 e. The van der Waals surface area contributed by atoms with Crippen molar-refractivity contribution in [1.29, 1.82) is 5.26 Å². The average Bonchev–Trinajstić information content (AvgIpc) is 2.78. The number of piperidine rings is 3. The second-order valence-electron chi connectivity index (χ2n) is 8.85. The summed E-state index contributed by atoms with van der Waals surface area (Å²) in [4.78, 5) is 18.0. The van der Waals surface area contributed by atoms with Crippen LogP contribution in [0.1, 0.15) is 53.2 Å². The maximum atomic E-state index is 13.2. The number of amides is 1. The van der Waals surface area contributed by atoms with Crippen LogP contribution >= 0.6 is 0 Å². The van der Waals surface area contributed by atoms with Crippen molar-refractivity contribution in [1.82, 2.24) is 9.80 Å². The van der Waals surface area contributed by atoms with Crippen molar-refractivity contribution in [2.75, 3.05) is 19.6 Å². The van der Waals surface area contributed by atoms with Crippen molar-refractivity contribution in [3.63, 3.8) is 0 Å². The van der Waals surface area contributed by atoms with Gasteiger partial charge in [-0.2, -0.15) is 5.26 Å². The van der Waals surface area contributed by atoms with Crippen LogP contribution in [0.25, 0.3) is 0 Å². The zero-order valence-corrected chi connectivity index (χ0v) is 16.7. The third-order valence-corrected chi connectivity index (χ3v) is 7.14. The molecule has 5 rings (SSSR count). The number of nitriles is 1. The molecule has 0 radical (unpaired) electrons. The summed E-state index contributed by atoms with van der Waals surface area (Å²) >= 11 is 0. The number of carbonyl (C=O) groups excluding carboxylic acids is 1. The lowest BCUT2D eigenvalue weighted by molar-refractivity contribution is -0.0511. The molecule has 29 heavy (non-hydrogen) atoms. The van der Waals surface area contributed by atoms with Crippen molar-refractivity contribution < 1.29 is 4.79 Å². The lowest BCUT2D eigenvalue weighted by atomic mass is 9.73. The van der Waals surface area contributed by atoms with Crippen LogP contribution in [-0.2, 0) is 0 Å². The zero-order chi connectivity index (χ0) is 19.8. The molecule has 0 N–H and O–H groups in total.